The molecule has 0 amide bonds. The molecule has 82 valence electrons. The van der Waals surface area contributed by atoms with E-state index in [0.29, 0.717) is 5.56 Å². The van der Waals surface area contributed by atoms with E-state index in [0.717, 1.165) is 5.56 Å². The van der Waals surface area contributed by atoms with Crippen LogP contribution in [0, 0.1) is 0 Å². The number of hydrogen-bond acceptors (Lipinski definition) is 3. The number of benzene rings is 1. The number of nitrogens with two attached hydrogens (primary N) is 1. The molecular formula is C11H14FNO2. The zero-order chi connectivity index (χ0) is 11.3. The second-order valence-electron chi connectivity index (χ2n) is 3.20. The minimum atomic E-state index is -0.469. The summed E-state index contributed by atoms with van der Waals surface area (Å²) in [5.41, 5.74) is 6.90. The molecule has 15 heavy (non-hydrogen) atoms. The van der Waals surface area contributed by atoms with Crippen molar-refractivity contribution in [2.45, 2.75) is 12.5 Å². The van der Waals surface area contributed by atoms with Gasteiger partial charge in [-0.25, -0.2) is 4.79 Å². The van der Waals surface area contributed by atoms with Crippen molar-refractivity contribution < 1.29 is 13.9 Å². The van der Waals surface area contributed by atoms with E-state index in [1.54, 1.807) is 24.3 Å². The Hall–Kier alpha value is -1.42. The van der Waals surface area contributed by atoms with Gasteiger partial charge in [-0.15, -0.1) is 0 Å². The predicted octanol–water partition coefficient (Wildman–Crippen LogP) is 1.83. The smallest absolute Gasteiger partial charge is 0.337 e. The van der Waals surface area contributed by atoms with Crippen molar-refractivity contribution in [3.63, 3.8) is 0 Å². The molecular weight excluding hydrogens is 197 g/mol. The molecule has 0 fully saturated rings. The number of halogens is 1. The van der Waals surface area contributed by atoms with Crippen molar-refractivity contribution in [2.75, 3.05) is 13.8 Å². The lowest BCUT2D eigenvalue weighted by atomic mass is 10.0. The first-order chi connectivity index (χ1) is 7.19. The number of carbonyl (C=O) groups is 1. The van der Waals surface area contributed by atoms with Crippen molar-refractivity contribution in [3.05, 3.63) is 35.4 Å². The molecule has 0 aromatic heterocycles. The molecule has 3 nitrogen and oxygen atoms in total. The predicted molar refractivity (Wildman–Crippen MR) is 55.3 cm³/mol. The van der Waals surface area contributed by atoms with Crippen LogP contribution in [0.4, 0.5) is 4.39 Å². The first kappa shape index (κ1) is 11.7. The van der Waals surface area contributed by atoms with Gasteiger partial charge in [0.05, 0.1) is 19.3 Å². The van der Waals surface area contributed by atoms with Gasteiger partial charge in [-0.05, 0) is 24.1 Å². The van der Waals surface area contributed by atoms with Crippen molar-refractivity contribution in [2.24, 2.45) is 5.73 Å². The molecule has 0 unspecified atom stereocenters. The summed E-state index contributed by atoms with van der Waals surface area (Å²) in [6.45, 7) is -0.469. The lowest BCUT2D eigenvalue weighted by Gasteiger charge is -2.10. The Morgan fingerprint density at radius 3 is 2.93 bits per heavy atom. The number of ether oxygens (including phenoxy) is 1. The summed E-state index contributed by atoms with van der Waals surface area (Å²) in [5.74, 6) is -0.413. The highest BCUT2D eigenvalue weighted by atomic mass is 19.1. The van der Waals surface area contributed by atoms with E-state index in [1.807, 2.05) is 0 Å². The highest BCUT2D eigenvalue weighted by molar-refractivity contribution is 5.89. The molecule has 1 atom stereocenters. The van der Waals surface area contributed by atoms with Crippen molar-refractivity contribution in [1.29, 1.82) is 0 Å². The third-order valence-electron chi connectivity index (χ3n) is 2.16. The van der Waals surface area contributed by atoms with Gasteiger partial charge in [0.2, 0.25) is 0 Å². The van der Waals surface area contributed by atoms with Crippen molar-refractivity contribution in [1.82, 2.24) is 0 Å². The van der Waals surface area contributed by atoms with Crippen LogP contribution in [0.15, 0.2) is 24.3 Å². The van der Waals surface area contributed by atoms with E-state index in [9.17, 15) is 9.18 Å². The number of methoxy groups -OCH3 is 1. The molecule has 0 aliphatic carbocycles. The summed E-state index contributed by atoms with van der Waals surface area (Å²) in [6.07, 6.45) is 0.255. The molecule has 1 aromatic rings. The topological polar surface area (TPSA) is 52.3 Å². The fourth-order valence-electron chi connectivity index (χ4n) is 1.30. The van der Waals surface area contributed by atoms with Gasteiger partial charge in [-0.3, -0.25) is 4.39 Å². The fraction of sp³-hybridized carbons (Fsp3) is 0.364. The van der Waals surface area contributed by atoms with E-state index < -0.39 is 12.6 Å². The van der Waals surface area contributed by atoms with Gasteiger partial charge in [0.15, 0.2) is 0 Å². The fourth-order valence-corrected chi connectivity index (χ4v) is 1.30. The third kappa shape index (κ3) is 3.02. The Bertz CT molecular complexity index is 341. The minimum Gasteiger partial charge on any atom is -0.465 e. The maximum Gasteiger partial charge on any atom is 0.337 e. The van der Waals surface area contributed by atoms with E-state index in [2.05, 4.69) is 4.74 Å². The summed E-state index contributed by atoms with van der Waals surface area (Å²) < 4.78 is 16.7. The van der Waals surface area contributed by atoms with Gasteiger partial charge in [-0.1, -0.05) is 12.1 Å². The molecule has 0 saturated heterocycles. The molecule has 1 rings (SSSR count). The largest absolute Gasteiger partial charge is 0.465 e. The van der Waals surface area contributed by atoms with Crippen LogP contribution in [0.25, 0.3) is 0 Å². The van der Waals surface area contributed by atoms with Gasteiger partial charge in [-0.2, -0.15) is 0 Å². The van der Waals surface area contributed by atoms with Crippen LogP contribution in [-0.4, -0.2) is 19.8 Å². The number of alkyl halides is 1. The summed E-state index contributed by atoms with van der Waals surface area (Å²) in [7, 11) is 1.32. The average molecular weight is 211 g/mol. The number of hydrogen-bond donors (Lipinski definition) is 1. The Morgan fingerprint density at radius 1 is 1.60 bits per heavy atom. The van der Waals surface area contributed by atoms with E-state index >= 15 is 0 Å². The van der Waals surface area contributed by atoms with Gasteiger partial charge < -0.3 is 10.5 Å². The maximum atomic E-state index is 12.1. The Morgan fingerprint density at radius 2 is 2.33 bits per heavy atom. The second kappa shape index (κ2) is 5.46. The number of rotatable bonds is 4. The zero-order valence-corrected chi connectivity index (χ0v) is 8.57. The first-order valence-electron chi connectivity index (χ1n) is 4.69. The van der Waals surface area contributed by atoms with Gasteiger partial charge in [0.1, 0.15) is 0 Å². The molecule has 4 heteroatoms. The molecule has 1 aromatic carbocycles. The van der Waals surface area contributed by atoms with Crippen LogP contribution in [-0.2, 0) is 4.74 Å². The monoisotopic (exact) mass is 211 g/mol. The highest BCUT2D eigenvalue weighted by Crippen LogP contribution is 2.16. The van der Waals surface area contributed by atoms with Crippen LogP contribution < -0.4 is 5.73 Å². The summed E-state index contributed by atoms with van der Waals surface area (Å²) in [6, 6.07) is 6.37. The van der Waals surface area contributed by atoms with Crippen LogP contribution >= 0.6 is 0 Å². The summed E-state index contributed by atoms with van der Waals surface area (Å²) in [5, 5.41) is 0. The molecule has 0 aliphatic heterocycles. The minimum absolute atomic E-state index is 0.255. The SMILES string of the molecule is COC(=O)c1cccc([C@@H](N)CCF)c1. The highest BCUT2D eigenvalue weighted by Gasteiger charge is 2.09. The third-order valence-corrected chi connectivity index (χ3v) is 2.16. The lowest BCUT2D eigenvalue weighted by molar-refractivity contribution is 0.0600. The van der Waals surface area contributed by atoms with Gasteiger partial charge >= 0.3 is 5.97 Å². The Kier molecular flexibility index (Phi) is 4.24. The van der Waals surface area contributed by atoms with Crippen LogP contribution in [0.1, 0.15) is 28.4 Å². The van der Waals surface area contributed by atoms with Gasteiger partial charge in [0, 0.05) is 6.04 Å². The Labute approximate surface area is 88.0 Å². The molecule has 0 heterocycles. The molecule has 0 saturated carbocycles. The first-order valence-corrected chi connectivity index (χ1v) is 4.69. The Balaban J connectivity index is 2.87. The standard InChI is InChI=1S/C11H14FNO2/c1-15-11(14)9-4-2-3-8(7-9)10(13)5-6-12/h2-4,7,10H,5-6,13H2,1H3/t10-/m0/s1. The van der Waals surface area contributed by atoms with Gasteiger partial charge in [0.25, 0.3) is 0 Å². The van der Waals surface area contributed by atoms with E-state index in [-0.39, 0.29) is 12.5 Å². The zero-order valence-electron chi connectivity index (χ0n) is 8.57. The summed E-state index contributed by atoms with van der Waals surface area (Å²) >= 11 is 0. The molecule has 0 bridgehead atoms. The van der Waals surface area contributed by atoms with Crippen LogP contribution in [0.2, 0.25) is 0 Å². The van der Waals surface area contributed by atoms with Crippen LogP contribution in [0.3, 0.4) is 0 Å². The van der Waals surface area contributed by atoms with Crippen molar-refractivity contribution in [3.8, 4) is 0 Å². The van der Waals surface area contributed by atoms with E-state index in [4.69, 9.17) is 5.73 Å². The number of esters is 1. The van der Waals surface area contributed by atoms with E-state index in [1.165, 1.54) is 7.11 Å². The molecule has 0 aliphatic rings. The number of carbonyl (C=O) groups excluding carboxylic acids is 1. The van der Waals surface area contributed by atoms with Crippen molar-refractivity contribution >= 4 is 5.97 Å². The maximum absolute atomic E-state index is 12.1. The van der Waals surface area contributed by atoms with Crippen LogP contribution in [0.5, 0.6) is 0 Å². The average Bonchev–Trinajstić information content (AvgIpc) is 2.28. The molecule has 2 N–H and O–H groups in total. The molecule has 0 radical (unpaired) electrons. The second-order valence-corrected chi connectivity index (χ2v) is 3.20. The lowest BCUT2D eigenvalue weighted by Crippen LogP contribution is -2.12. The quantitative estimate of drug-likeness (QED) is 0.773. The normalized spacial score (nSPS) is 12.2. The summed E-state index contributed by atoms with van der Waals surface area (Å²) in [4.78, 5) is 11.2. The molecule has 0 spiro atoms.